The van der Waals surface area contributed by atoms with Crippen LogP contribution in [0, 0.1) is 0 Å². The van der Waals surface area contributed by atoms with Gasteiger partial charge in [0.1, 0.15) is 0 Å². The highest BCUT2D eigenvalue weighted by Gasteiger charge is 2.10. The molecule has 0 radical (unpaired) electrons. The lowest BCUT2D eigenvalue weighted by molar-refractivity contribution is -0.115. The van der Waals surface area contributed by atoms with E-state index in [9.17, 15) is 9.59 Å². The van der Waals surface area contributed by atoms with Crippen molar-refractivity contribution in [2.75, 3.05) is 5.32 Å². The van der Waals surface area contributed by atoms with Gasteiger partial charge in [-0.05, 0) is 51.8 Å². The quantitative estimate of drug-likeness (QED) is 0.794. The lowest BCUT2D eigenvalue weighted by atomic mass is 10.1. The number of carbonyl (C=O) groups excluding carboxylic acids is 1. The fraction of sp³-hybridized carbons (Fsp3) is 0.0667. The number of halogens is 2. The summed E-state index contributed by atoms with van der Waals surface area (Å²) in [5.41, 5.74) is 1.43. The van der Waals surface area contributed by atoms with E-state index in [0.717, 1.165) is 10.0 Å². The Bertz CT molecular complexity index is 701. The van der Waals surface area contributed by atoms with Crippen molar-refractivity contribution in [2.45, 2.75) is 6.42 Å². The molecule has 0 fully saturated rings. The first-order chi connectivity index (χ1) is 9.95. The molecule has 4 nitrogen and oxygen atoms in total. The summed E-state index contributed by atoms with van der Waals surface area (Å²) in [5.74, 6) is -1.25. The number of carbonyl (C=O) groups is 2. The van der Waals surface area contributed by atoms with Crippen molar-refractivity contribution in [1.29, 1.82) is 0 Å². The van der Waals surface area contributed by atoms with Crippen LogP contribution < -0.4 is 5.32 Å². The molecule has 0 aliphatic heterocycles. The Kier molecular flexibility index (Phi) is 5.14. The van der Waals surface area contributed by atoms with E-state index in [4.69, 9.17) is 5.11 Å². The second kappa shape index (κ2) is 6.87. The van der Waals surface area contributed by atoms with Crippen LogP contribution in [0.3, 0.4) is 0 Å². The number of hydrogen-bond donors (Lipinski definition) is 2. The van der Waals surface area contributed by atoms with Crippen molar-refractivity contribution < 1.29 is 14.7 Å². The van der Waals surface area contributed by atoms with Gasteiger partial charge in [0.15, 0.2) is 0 Å². The molecular formula is C15H11Br2NO3. The minimum Gasteiger partial charge on any atom is -0.478 e. The third-order valence-corrected chi connectivity index (χ3v) is 3.93. The zero-order valence-electron chi connectivity index (χ0n) is 10.8. The van der Waals surface area contributed by atoms with Gasteiger partial charge in [-0.3, -0.25) is 4.79 Å². The van der Waals surface area contributed by atoms with Crippen molar-refractivity contribution >= 4 is 49.4 Å². The van der Waals surface area contributed by atoms with Gasteiger partial charge >= 0.3 is 5.97 Å². The van der Waals surface area contributed by atoms with Crippen LogP contribution in [0.2, 0.25) is 0 Å². The summed E-state index contributed by atoms with van der Waals surface area (Å²) in [6.45, 7) is 0. The van der Waals surface area contributed by atoms with E-state index in [2.05, 4.69) is 37.2 Å². The zero-order chi connectivity index (χ0) is 15.4. The van der Waals surface area contributed by atoms with Gasteiger partial charge in [0.2, 0.25) is 5.91 Å². The molecule has 0 unspecified atom stereocenters. The smallest absolute Gasteiger partial charge is 0.335 e. The predicted molar refractivity (Wildman–Crippen MR) is 87.6 cm³/mol. The lowest BCUT2D eigenvalue weighted by Crippen LogP contribution is -2.15. The van der Waals surface area contributed by atoms with Gasteiger partial charge in [-0.2, -0.15) is 0 Å². The normalized spacial score (nSPS) is 10.2. The molecule has 108 valence electrons. The Hall–Kier alpha value is -1.66. The SMILES string of the molecule is O=C(Cc1cccc(Br)c1)Nc1cc(C(=O)O)ccc1Br. The second-order valence-corrected chi connectivity index (χ2v) is 6.12. The van der Waals surface area contributed by atoms with Crippen molar-refractivity contribution in [3.8, 4) is 0 Å². The van der Waals surface area contributed by atoms with Gasteiger partial charge in [0.05, 0.1) is 17.7 Å². The highest BCUT2D eigenvalue weighted by atomic mass is 79.9. The average Bonchev–Trinajstić information content (AvgIpc) is 2.41. The van der Waals surface area contributed by atoms with E-state index in [-0.39, 0.29) is 17.9 Å². The van der Waals surface area contributed by atoms with E-state index in [1.54, 1.807) is 6.07 Å². The fourth-order valence-electron chi connectivity index (χ4n) is 1.78. The number of rotatable bonds is 4. The lowest BCUT2D eigenvalue weighted by Gasteiger charge is -2.08. The summed E-state index contributed by atoms with van der Waals surface area (Å²) >= 11 is 6.64. The molecule has 6 heteroatoms. The van der Waals surface area contributed by atoms with Crippen LogP contribution in [0.1, 0.15) is 15.9 Å². The Morgan fingerprint density at radius 1 is 1.10 bits per heavy atom. The molecule has 2 aromatic rings. The fourth-order valence-corrected chi connectivity index (χ4v) is 2.57. The topological polar surface area (TPSA) is 66.4 Å². The van der Waals surface area contributed by atoms with Crippen molar-refractivity contribution in [1.82, 2.24) is 0 Å². The molecule has 2 aromatic carbocycles. The maximum Gasteiger partial charge on any atom is 0.335 e. The van der Waals surface area contributed by atoms with Crippen LogP contribution in [0.15, 0.2) is 51.4 Å². The van der Waals surface area contributed by atoms with Crippen LogP contribution in [-0.2, 0) is 11.2 Å². The summed E-state index contributed by atoms with van der Waals surface area (Å²) in [4.78, 5) is 23.0. The molecule has 0 heterocycles. The molecule has 1 amide bonds. The first kappa shape index (κ1) is 15.7. The van der Waals surface area contributed by atoms with Crippen molar-refractivity contribution in [3.05, 3.63) is 62.5 Å². The summed E-state index contributed by atoms with van der Waals surface area (Å²) in [5, 5.41) is 11.7. The van der Waals surface area contributed by atoms with Crippen molar-refractivity contribution in [2.24, 2.45) is 0 Å². The highest BCUT2D eigenvalue weighted by molar-refractivity contribution is 9.10. The number of aromatic carboxylic acids is 1. The zero-order valence-corrected chi connectivity index (χ0v) is 13.9. The third kappa shape index (κ3) is 4.41. The predicted octanol–water partition coefficient (Wildman–Crippen LogP) is 4.09. The van der Waals surface area contributed by atoms with Gasteiger partial charge in [-0.1, -0.05) is 28.1 Å². The molecule has 0 saturated carbocycles. The molecule has 2 N–H and O–H groups in total. The van der Waals surface area contributed by atoms with E-state index in [0.29, 0.717) is 10.2 Å². The molecule has 21 heavy (non-hydrogen) atoms. The first-order valence-electron chi connectivity index (χ1n) is 6.03. The summed E-state index contributed by atoms with van der Waals surface area (Å²) < 4.78 is 1.54. The van der Waals surface area contributed by atoms with Gasteiger partial charge in [0.25, 0.3) is 0 Å². The van der Waals surface area contributed by atoms with Crippen LogP contribution in [0.4, 0.5) is 5.69 Å². The minimum absolute atomic E-state index is 0.121. The van der Waals surface area contributed by atoms with Gasteiger partial charge < -0.3 is 10.4 Å². The Morgan fingerprint density at radius 3 is 2.52 bits per heavy atom. The number of carboxylic acid groups (broad SMARTS) is 1. The number of benzene rings is 2. The second-order valence-electron chi connectivity index (χ2n) is 4.35. The molecule has 2 rings (SSSR count). The third-order valence-electron chi connectivity index (χ3n) is 2.74. The van der Waals surface area contributed by atoms with E-state index < -0.39 is 5.97 Å². The van der Waals surface area contributed by atoms with Crippen LogP contribution >= 0.6 is 31.9 Å². The monoisotopic (exact) mass is 411 g/mol. The maximum atomic E-state index is 12.0. The van der Waals surface area contributed by atoms with Crippen LogP contribution in [0.5, 0.6) is 0 Å². The Morgan fingerprint density at radius 2 is 1.86 bits per heavy atom. The van der Waals surface area contributed by atoms with Crippen LogP contribution in [-0.4, -0.2) is 17.0 Å². The van der Waals surface area contributed by atoms with E-state index in [1.807, 2.05) is 24.3 Å². The molecular weight excluding hydrogens is 402 g/mol. The van der Waals surface area contributed by atoms with Gasteiger partial charge in [0, 0.05) is 8.95 Å². The first-order valence-corrected chi connectivity index (χ1v) is 7.61. The molecule has 0 atom stereocenters. The van der Waals surface area contributed by atoms with E-state index >= 15 is 0 Å². The molecule has 0 spiro atoms. The number of nitrogens with one attached hydrogen (secondary N) is 1. The summed E-state index contributed by atoms with van der Waals surface area (Å²) in [6, 6.07) is 11.9. The molecule has 0 aromatic heterocycles. The molecule has 0 saturated heterocycles. The Balaban J connectivity index is 2.12. The van der Waals surface area contributed by atoms with Gasteiger partial charge in [-0.15, -0.1) is 0 Å². The maximum absolute atomic E-state index is 12.0. The number of anilines is 1. The summed E-state index contributed by atoms with van der Waals surface area (Å²) in [6.07, 6.45) is 0.211. The van der Waals surface area contributed by atoms with Gasteiger partial charge in [-0.25, -0.2) is 4.79 Å². The number of amides is 1. The molecule has 0 aliphatic carbocycles. The number of hydrogen-bond acceptors (Lipinski definition) is 2. The standard InChI is InChI=1S/C15H11Br2NO3/c16-11-3-1-2-9(6-11)7-14(19)18-13-8-10(15(20)21)4-5-12(13)17/h1-6,8H,7H2,(H,18,19)(H,20,21). The average molecular weight is 413 g/mol. The Labute approximate surface area is 138 Å². The number of carboxylic acids is 1. The highest BCUT2D eigenvalue weighted by Crippen LogP contribution is 2.24. The minimum atomic E-state index is -1.04. The van der Waals surface area contributed by atoms with E-state index in [1.165, 1.54) is 12.1 Å². The summed E-state index contributed by atoms with van der Waals surface area (Å²) in [7, 11) is 0. The largest absolute Gasteiger partial charge is 0.478 e. The van der Waals surface area contributed by atoms with Crippen LogP contribution in [0.25, 0.3) is 0 Å². The van der Waals surface area contributed by atoms with Crippen molar-refractivity contribution in [3.63, 3.8) is 0 Å². The molecule has 0 bridgehead atoms. The molecule has 0 aliphatic rings.